The molecule has 0 rings (SSSR count). The Morgan fingerprint density at radius 1 is 0.329 bits per heavy atom. The van der Waals surface area contributed by atoms with E-state index in [9.17, 15) is 19.8 Å². The number of unbranched alkanes of at least 4 members (excludes halogenated alkanes) is 53. The second kappa shape index (κ2) is 63.4. The molecule has 0 aliphatic carbocycles. The molecule has 73 heavy (non-hydrogen) atoms. The van der Waals surface area contributed by atoms with Gasteiger partial charge in [-0.2, -0.15) is 0 Å². The summed E-state index contributed by atoms with van der Waals surface area (Å²) in [5.74, 6) is -0.0200. The fourth-order valence-electron chi connectivity index (χ4n) is 11.0. The zero-order chi connectivity index (χ0) is 52.9. The number of nitrogens with one attached hydrogen (secondary N) is 1. The normalized spacial score (nSPS) is 12.4. The quantitative estimate of drug-likeness (QED) is 0.0417. The number of aliphatic hydroxyl groups excluding tert-OH is 2. The van der Waals surface area contributed by atoms with Crippen molar-refractivity contribution < 1.29 is 24.5 Å². The first-order valence-corrected chi connectivity index (χ1v) is 33.8. The summed E-state index contributed by atoms with van der Waals surface area (Å²) < 4.78 is 5.48. The molecule has 0 saturated heterocycles. The molecule has 0 aromatic heterocycles. The Balaban J connectivity index is 3.39. The lowest BCUT2D eigenvalue weighted by atomic mass is 10.0. The van der Waals surface area contributed by atoms with E-state index in [1.165, 1.54) is 321 Å². The zero-order valence-electron chi connectivity index (χ0n) is 49.9. The van der Waals surface area contributed by atoms with E-state index in [0.29, 0.717) is 25.9 Å². The highest BCUT2D eigenvalue weighted by Gasteiger charge is 2.20. The van der Waals surface area contributed by atoms with E-state index in [-0.39, 0.29) is 18.5 Å². The van der Waals surface area contributed by atoms with Gasteiger partial charge in [-0.3, -0.25) is 9.59 Å². The maximum atomic E-state index is 12.5. The molecule has 436 valence electrons. The Morgan fingerprint density at radius 3 is 0.836 bits per heavy atom. The summed E-state index contributed by atoms with van der Waals surface area (Å²) >= 11 is 0. The number of hydrogen-bond acceptors (Lipinski definition) is 5. The Bertz CT molecular complexity index is 1050. The Kier molecular flexibility index (Phi) is 62.4. The van der Waals surface area contributed by atoms with Crippen LogP contribution < -0.4 is 5.32 Å². The third-order valence-corrected chi connectivity index (χ3v) is 16.2. The lowest BCUT2D eigenvalue weighted by molar-refractivity contribution is -0.143. The van der Waals surface area contributed by atoms with Crippen LogP contribution in [0.15, 0.2) is 0 Å². The van der Waals surface area contributed by atoms with Gasteiger partial charge in [-0.1, -0.05) is 354 Å². The van der Waals surface area contributed by atoms with Crippen LogP contribution in [0.2, 0.25) is 0 Å². The SMILES string of the molecule is CCCCCCCCCCCCCCCCCCCCCCCCCCC(O)C(CO)NC(=O)CCCCCCCCCCCCCCCCCCCCCOC(=O)CCCCCCCCCCCCCCC. The van der Waals surface area contributed by atoms with E-state index in [4.69, 9.17) is 4.74 Å². The predicted octanol–water partition coefficient (Wildman–Crippen LogP) is 21.4. The van der Waals surface area contributed by atoms with Crippen molar-refractivity contribution in [2.24, 2.45) is 0 Å². The van der Waals surface area contributed by atoms with Crippen LogP contribution >= 0.6 is 0 Å². The van der Waals surface area contributed by atoms with Gasteiger partial charge in [0.25, 0.3) is 0 Å². The van der Waals surface area contributed by atoms with Crippen molar-refractivity contribution in [3.05, 3.63) is 0 Å². The summed E-state index contributed by atoms with van der Waals surface area (Å²) in [7, 11) is 0. The number of carbonyl (C=O) groups excluding carboxylic acids is 2. The lowest BCUT2D eigenvalue weighted by Gasteiger charge is -2.22. The average Bonchev–Trinajstić information content (AvgIpc) is 3.39. The van der Waals surface area contributed by atoms with Gasteiger partial charge in [0.1, 0.15) is 0 Å². The Morgan fingerprint density at radius 2 is 0.562 bits per heavy atom. The maximum absolute atomic E-state index is 12.5. The van der Waals surface area contributed by atoms with Crippen LogP contribution in [-0.4, -0.2) is 47.4 Å². The summed E-state index contributed by atoms with van der Waals surface area (Å²) in [6, 6.07) is -0.544. The molecule has 0 fully saturated rings. The first kappa shape index (κ1) is 71.9. The second-order valence-electron chi connectivity index (χ2n) is 23.5. The molecule has 6 heteroatoms. The van der Waals surface area contributed by atoms with Crippen LogP contribution in [0.25, 0.3) is 0 Å². The highest BCUT2D eigenvalue weighted by molar-refractivity contribution is 5.76. The smallest absolute Gasteiger partial charge is 0.305 e. The minimum Gasteiger partial charge on any atom is -0.466 e. The van der Waals surface area contributed by atoms with Crippen LogP contribution in [0.1, 0.15) is 393 Å². The average molecular weight is 1030 g/mol. The van der Waals surface area contributed by atoms with Gasteiger partial charge in [0.2, 0.25) is 5.91 Å². The van der Waals surface area contributed by atoms with E-state index in [2.05, 4.69) is 19.2 Å². The number of aliphatic hydroxyl groups is 2. The van der Waals surface area contributed by atoms with Crippen molar-refractivity contribution in [1.82, 2.24) is 5.32 Å². The van der Waals surface area contributed by atoms with E-state index < -0.39 is 12.1 Å². The molecule has 0 bridgehead atoms. The molecule has 0 radical (unpaired) electrons. The van der Waals surface area contributed by atoms with Gasteiger partial charge < -0.3 is 20.3 Å². The Labute approximate surface area is 457 Å². The molecule has 2 atom stereocenters. The minimum atomic E-state index is -0.666. The molecule has 0 aliphatic heterocycles. The van der Waals surface area contributed by atoms with Crippen molar-refractivity contribution in [2.75, 3.05) is 13.2 Å². The predicted molar refractivity (Wildman–Crippen MR) is 320 cm³/mol. The largest absolute Gasteiger partial charge is 0.466 e. The lowest BCUT2D eigenvalue weighted by Crippen LogP contribution is -2.45. The van der Waals surface area contributed by atoms with E-state index >= 15 is 0 Å². The molecule has 2 unspecified atom stereocenters. The highest BCUT2D eigenvalue weighted by atomic mass is 16.5. The molecule has 0 aliphatic rings. The van der Waals surface area contributed by atoms with Gasteiger partial charge in [0, 0.05) is 12.8 Å². The van der Waals surface area contributed by atoms with Crippen molar-refractivity contribution in [2.45, 2.75) is 405 Å². The number of hydrogen-bond donors (Lipinski definition) is 3. The topological polar surface area (TPSA) is 95.9 Å². The number of amides is 1. The van der Waals surface area contributed by atoms with Crippen LogP contribution in [0.5, 0.6) is 0 Å². The molecule has 0 aromatic carbocycles. The van der Waals surface area contributed by atoms with Gasteiger partial charge in [0.15, 0.2) is 0 Å². The van der Waals surface area contributed by atoms with Crippen LogP contribution in [-0.2, 0) is 14.3 Å². The number of esters is 1. The molecule has 6 nitrogen and oxygen atoms in total. The van der Waals surface area contributed by atoms with Gasteiger partial charge in [-0.15, -0.1) is 0 Å². The summed E-state index contributed by atoms with van der Waals surface area (Å²) in [6.07, 6.45) is 75.6. The fraction of sp³-hybridized carbons (Fsp3) is 0.970. The van der Waals surface area contributed by atoms with Crippen molar-refractivity contribution in [3.8, 4) is 0 Å². The van der Waals surface area contributed by atoms with Crippen molar-refractivity contribution in [3.63, 3.8) is 0 Å². The molecule has 0 spiro atoms. The standard InChI is InChI=1S/C67H133NO5/c1-3-5-7-9-11-13-15-17-18-19-20-21-22-23-24-26-29-32-36-39-43-47-51-55-59-65(70)64(63-69)68-66(71)60-56-52-48-44-40-37-33-30-27-25-28-31-34-38-42-46-50-54-58-62-73-67(72)61-57-53-49-45-41-35-16-14-12-10-8-6-4-2/h64-65,69-70H,3-63H2,1-2H3,(H,68,71). The first-order chi connectivity index (χ1) is 36.0. The van der Waals surface area contributed by atoms with E-state index in [0.717, 1.165) is 38.5 Å². The molecule has 0 heterocycles. The number of ether oxygens (including phenoxy) is 1. The third kappa shape index (κ3) is 60.0. The number of carbonyl (C=O) groups is 2. The number of rotatable bonds is 64. The molecular weight excluding hydrogens is 899 g/mol. The maximum Gasteiger partial charge on any atom is 0.305 e. The summed E-state index contributed by atoms with van der Waals surface area (Å²) in [6.45, 7) is 4.99. The van der Waals surface area contributed by atoms with Crippen molar-refractivity contribution >= 4 is 11.9 Å². The Hall–Kier alpha value is -1.14. The van der Waals surface area contributed by atoms with Crippen molar-refractivity contribution in [1.29, 1.82) is 0 Å². The summed E-state index contributed by atoms with van der Waals surface area (Å²) in [4.78, 5) is 24.6. The highest BCUT2D eigenvalue weighted by Crippen LogP contribution is 2.19. The van der Waals surface area contributed by atoms with Crippen LogP contribution in [0, 0.1) is 0 Å². The summed E-state index contributed by atoms with van der Waals surface area (Å²) in [5, 5.41) is 23.4. The zero-order valence-corrected chi connectivity index (χ0v) is 49.9. The van der Waals surface area contributed by atoms with Gasteiger partial charge in [-0.05, 0) is 25.7 Å². The van der Waals surface area contributed by atoms with Gasteiger partial charge in [0.05, 0.1) is 25.4 Å². The molecule has 1 amide bonds. The van der Waals surface area contributed by atoms with Gasteiger partial charge in [-0.25, -0.2) is 0 Å². The third-order valence-electron chi connectivity index (χ3n) is 16.2. The van der Waals surface area contributed by atoms with E-state index in [1.807, 2.05) is 0 Å². The molecule has 0 aromatic rings. The van der Waals surface area contributed by atoms with Gasteiger partial charge >= 0.3 is 5.97 Å². The van der Waals surface area contributed by atoms with Crippen LogP contribution in [0.3, 0.4) is 0 Å². The first-order valence-electron chi connectivity index (χ1n) is 33.8. The molecular formula is C67H133NO5. The second-order valence-corrected chi connectivity index (χ2v) is 23.5. The fourth-order valence-corrected chi connectivity index (χ4v) is 11.0. The summed E-state index contributed by atoms with van der Waals surface area (Å²) in [5.41, 5.74) is 0. The monoisotopic (exact) mass is 1030 g/mol. The van der Waals surface area contributed by atoms with Crippen LogP contribution in [0.4, 0.5) is 0 Å². The minimum absolute atomic E-state index is 0.0122. The molecule has 0 saturated carbocycles. The van der Waals surface area contributed by atoms with E-state index in [1.54, 1.807) is 0 Å². The molecule has 3 N–H and O–H groups in total.